The lowest BCUT2D eigenvalue weighted by Gasteiger charge is -2.05. The number of aromatic hydroxyl groups is 1. The first-order valence-corrected chi connectivity index (χ1v) is 4.91. The molecular weight excluding hydrogens is 272 g/mol. The maximum atomic E-state index is 9.29. The standard InChI is InChI=1S/C8H8Br2O/c1-2-5-6(9)3-4-7(11)8(5)10/h3-4,11H,2H2,1H3. The lowest BCUT2D eigenvalue weighted by Crippen LogP contribution is -1.84. The average Bonchev–Trinajstić information content (AvgIpc) is 1.99. The Morgan fingerprint density at radius 1 is 1.36 bits per heavy atom. The third kappa shape index (κ3) is 1.76. The van der Waals surface area contributed by atoms with Gasteiger partial charge in [0.05, 0.1) is 4.47 Å². The molecule has 0 aliphatic heterocycles. The molecule has 1 aromatic carbocycles. The number of rotatable bonds is 1. The minimum Gasteiger partial charge on any atom is -0.507 e. The Hall–Kier alpha value is -0.0200. The molecule has 0 spiro atoms. The third-order valence-corrected chi connectivity index (χ3v) is 3.15. The fourth-order valence-corrected chi connectivity index (χ4v) is 2.41. The van der Waals surface area contributed by atoms with E-state index in [-0.39, 0.29) is 0 Å². The Morgan fingerprint density at radius 2 is 2.00 bits per heavy atom. The highest BCUT2D eigenvalue weighted by atomic mass is 79.9. The molecule has 11 heavy (non-hydrogen) atoms. The van der Waals surface area contributed by atoms with Crippen molar-refractivity contribution in [3.63, 3.8) is 0 Å². The highest BCUT2D eigenvalue weighted by Gasteiger charge is 2.06. The second-order valence-electron chi connectivity index (χ2n) is 2.21. The van der Waals surface area contributed by atoms with Gasteiger partial charge in [0.1, 0.15) is 5.75 Å². The fraction of sp³-hybridized carbons (Fsp3) is 0.250. The summed E-state index contributed by atoms with van der Waals surface area (Å²) >= 11 is 6.71. The van der Waals surface area contributed by atoms with Gasteiger partial charge >= 0.3 is 0 Å². The Labute approximate surface area is 82.7 Å². The van der Waals surface area contributed by atoms with Crippen LogP contribution in [0.5, 0.6) is 5.75 Å². The van der Waals surface area contributed by atoms with Crippen molar-refractivity contribution in [2.75, 3.05) is 0 Å². The second-order valence-corrected chi connectivity index (χ2v) is 3.86. The molecule has 0 heterocycles. The zero-order valence-corrected chi connectivity index (χ0v) is 9.24. The molecule has 0 fully saturated rings. The van der Waals surface area contributed by atoms with E-state index in [0.29, 0.717) is 5.75 Å². The summed E-state index contributed by atoms with van der Waals surface area (Å²) < 4.78 is 1.82. The van der Waals surface area contributed by atoms with Gasteiger partial charge in [-0.3, -0.25) is 0 Å². The minimum atomic E-state index is 0.296. The lowest BCUT2D eigenvalue weighted by atomic mass is 10.2. The summed E-state index contributed by atoms with van der Waals surface area (Å²) in [5, 5.41) is 9.29. The van der Waals surface area contributed by atoms with E-state index in [1.807, 2.05) is 13.0 Å². The molecule has 0 unspecified atom stereocenters. The predicted molar refractivity (Wildman–Crippen MR) is 52.9 cm³/mol. The summed E-state index contributed by atoms with van der Waals surface area (Å²) in [6.45, 7) is 2.05. The van der Waals surface area contributed by atoms with Crippen LogP contribution in [0.4, 0.5) is 0 Å². The van der Waals surface area contributed by atoms with Gasteiger partial charge in [-0.25, -0.2) is 0 Å². The number of phenolic OH excluding ortho intramolecular Hbond substituents is 1. The first-order valence-electron chi connectivity index (χ1n) is 3.32. The van der Waals surface area contributed by atoms with Crippen LogP contribution in [0.1, 0.15) is 12.5 Å². The summed E-state index contributed by atoms with van der Waals surface area (Å²) in [5.74, 6) is 0.296. The van der Waals surface area contributed by atoms with Gasteiger partial charge < -0.3 is 5.11 Å². The SMILES string of the molecule is CCc1c(Br)ccc(O)c1Br. The summed E-state index contributed by atoms with van der Waals surface area (Å²) in [6, 6.07) is 3.51. The van der Waals surface area contributed by atoms with E-state index in [9.17, 15) is 5.11 Å². The molecule has 0 radical (unpaired) electrons. The van der Waals surface area contributed by atoms with Gasteiger partial charge in [-0.15, -0.1) is 0 Å². The van der Waals surface area contributed by atoms with Crippen molar-refractivity contribution in [3.05, 3.63) is 26.6 Å². The van der Waals surface area contributed by atoms with E-state index in [4.69, 9.17) is 0 Å². The molecule has 0 aliphatic carbocycles. The highest BCUT2D eigenvalue weighted by Crippen LogP contribution is 2.32. The van der Waals surface area contributed by atoms with Crippen molar-refractivity contribution in [1.82, 2.24) is 0 Å². The molecule has 0 amide bonds. The molecule has 0 saturated carbocycles. The molecule has 1 N–H and O–H groups in total. The summed E-state index contributed by atoms with van der Waals surface area (Å²) in [7, 11) is 0. The van der Waals surface area contributed by atoms with E-state index in [2.05, 4.69) is 31.9 Å². The van der Waals surface area contributed by atoms with Crippen LogP contribution in [-0.4, -0.2) is 5.11 Å². The van der Waals surface area contributed by atoms with E-state index in [1.165, 1.54) is 0 Å². The molecule has 1 aromatic rings. The van der Waals surface area contributed by atoms with Crippen molar-refractivity contribution in [2.24, 2.45) is 0 Å². The largest absolute Gasteiger partial charge is 0.507 e. The quantitative estimate of drug-likeness (QED) is 0.835. The minimum absolute atomic E-state index is 0.296. The molecule has 1 rings (SSSR count). The summed E-state index contributed by atoms with van der Waals surface area (Å²) in [6.07, 6.45) is 0.898. The number of hydrogen-bond acceptors (Lipinski definition) is 1. The summed E-state index contributed by atoms with van der Waals surface area (Å²) in [5.41, 5.74) is 1.10. The molecule has 1 nitrogen and oxygen atoms in total. The average molecular weight is 280 g/mol. The van der Waals surface area contributed by atoms with E-state index < -0.39 is 0 Å². The van der Waals surface area contributed by atoms with Gasteiger partial charge in [-0.05, 0) is 40.0 Å². The van der Waals surface area contributed by atoms with Crippen LogP contribution >= 0.6 is 31.9 Å². The highest BCUT2D eigenvalue weighted by molar-refractivity contribution is 9.11. The smallest absolute Gasteiger partial charge is 0.130 e. The fourth-order valence-electron chi connectivity index (χ4n) is 0.909. The second kappa shape index (κ2) is 3.59. The van der Waals surface area contributed by atoms with Crippen molar-refractivity contribution in [2.45, 2.75) is 13.3 Å². The number of phenols is 1. The van der Waals surface area contributed by atoms with Crippen molar-refractivity contribution in [3.8, 4) is 5.75 Å². The Morgan fingerprint density at radius 3 is 2.45 bits per heavy atom. The van der Waals surface area contributed by atoms with E-state index in [0.717, 1.165) is 20.9 Å². The maximum Gasteiger partial charge on any atom is 0.130 e. The van der Waals surface area contributed by atoms with Crippen molar-refractivity contribution < 1.29 is 5.11 Å². The van der Waals surface area contributed by atoms with Gasteiger partial charge in [0.15, 0.2) is 0 Å². The van der Waals surface area contributed by atoms with Gasteiger partial charge in [0.2, 0.25) is 0 Å². The molecular formula is C8H8Br2O. The van der Waals surface area contributed by atoms with Gasteiger partial charge in [0, 0.05) is 4.47 Å². The van der Waals surface area contributed by atoms with Crippen LogP contribution in [0.3, 0.4) is 0 Å². The topological polar surface area (TPSA) is 20.2 Å². The van der Waals surface area contributed by atoms with Crippen LogP contribution in [-0.2, 0) is 6.42 Å². The predicted octanol–water partition coefficient (Wildman–Crippen LogP) is 3.48. The van der Waals surface area contributed by atoms with Gasteiger partial charge in [-0.1, -0.05) is 22.9 Å². The Balaban J connectivity index is 3.29. The Kier molecular flexibility index (Phi) is 2.96. The van der Waals surface area contributed by atoms with Gasteiger partial charge in [-0.2, -0.15) is 0 Å². The van der Waals surface area contributed by atoms with Crippen LogP contribution in [0.15, 0.2) is 21.1 Å². The first kappa shape index (κ1) is 9.07. The molecule has 0 aromatic heterocycles. The van der Waals surface area contributed by atoms with Crippen LogP contribution in [0.2, 0.25) is 0 Å². The number of benzene rings is 1. The molecule has 0 bridgehead atoms. The molecule has 60 valence electrons. The molecule has 3 heteroatoms. The molecule has 0 saturated heterocycles. The van der Waals surface area contributed by atoms with Gasteiger partial charge in [0.25, 0.3) is 0 Å². The summed E-state index contributed by atoms with van der Waals surface area (Å²) in [4.78, 5) is 0. The lowest BCUT2D eigenvalue weighted by molar-refractivity contribution is 0.471. The molecule has 0 atom stereocenters. The first-order chi connectivity index (χ1) is 5.16. The molecule has 0 aliphatic rings. The Bertz CT molecular complexity index is 271. The van der Waals surface area contributed by atoms with Crippen LogP contribution in [0, 0.1) is 0 Å². The van der Waals surface area contributed by atoms with E-state index >= 15 is 0 Å². The third-order valence-electron chi connectivity index (χ3n) is 1.52. The number of hydrogen-bond donors (Lipinski definition) is 1. The maximum absolute atomic E-state index is 9.29. The monoisotopic (exact) mass is 278 g/mol. The number of halogens is 2. The van der Waals surface area contributed by atoms with Crippen molar-refractivity contribution in [1.29, 1.82) is 0 Å². The zero-order chi connectivity index (χ0) is 8.43. The van der Waals surface area contributed by atoms with Crippen LogP contribution in [0.25, 0.3) is 0 Å². The zero-order valence-electron chi connectivity index (χ0n) is 6.06. The van der Waals surface area contributed by atoms with E-state index in [1.54, 1.807) is 6.07 Å². The van der Waals surface area contributed by atoms with Crippen molar-refractivity contribution >= 4 is 31.9 Å². The normalized spacial score (nSPS) is 10.1. The van der Waals surface area contributed by atoms with Crippen LogP contribution < -0.4 is 0 Å².